The molecule has 4 heterocycles. The molecule has 3 unspecified atom stereocenters. The van der Waals surface area contributed by atoms with Gasteiger partial charge in [-0.25, -0.2) is 8.42 Å². The largest absolute Gasteiger partial charge is 0.340 e. The molecule has 5 rings (SSSR count). The zero-order valence-electron chi connectivity index (χ0n) is 20.6. The Morgan fingerprint density at radius 2 is 1.92 bits per heavy atom. The van der Waals surface area contributed by atoms with Crippen molar-refractivity contribution in [3.63, 3.8) is 0 Å². The second kappa shape index (κ2) is 10.4. The maximum Gasteiger partial charge on any atom is 0.310 e. The molecule has 12 heteroatoms. The highest BCUT2D eigenvalue weighted by Crippen LogP contribution is 2.33. The zero-order chi connectivity index (χ0) is 27.0. The van der Waals surface area contributed by atoms with Crippen LogP contribution in [-0.4, -0.2) is 76.5 Å². The molecule has 2 amide bonds. The first-order valence-electron chi connectivity index (χ1n) is 12.3. The van der Waals surface area contributed by atoms with Crippen LogP contribution in [-0.2, 0) is 19.6 Å². The monoisotopic (exact) mass is 554 g/mol. The van der Waals surface area contributed by atoms with E-state index < -0.39 is 51.5 Å². The van der Waals surface area contributed by atoms with E-state index in [1.807, 2.05) is 31.2 Å². The lowest BCUT2D eigenvalue weighted by Crippen LogP contribution is -2.52. The van der Waals surface area contributed by atoms with Crippen LogP contribution >= 0.6 is 11.3 Å². The van der Waals surface area contributed by atoms with Crippen LogP contribution < -0.4 is 5.32 Å². The number of thiophene rings is 1. The number of carbonyl (C=O) groups is 4. The molecule has 2 aliphatic rings. The van der Waals surface area contributed by atoms with Crippen LogP contribution in [0, 0.1) is 0 Å². The van der Waals surface area contributed by atoms with Gasteiger partial charge in [-0.3, -0.25) is 24.2 Å². The number of nitrogens with one attached hydrogen (secondary N) is 1. The average molecular weight is 555 g/mol. The van der Waals surface area contributed by atoms with Gasteiger partial charge in [0.15, 0.2) is 5.78 Å². The minimum absolute atomic E-state index is 0.142. The quantitative estimate of drug-likeness (QED) is 0.473. The Hall–Kier alpha value is -3.48. The van der Waals surface area contributed by atoms with E-state index >= 15 is 0 Å². The summed E-state index contributed by atoms with van der Waals surface area (Å²) in [5, 5.41) is 2.57. The third-order valence-corrected chi connectivity index (χ3v) is 9.72. The number of nitrogens with zero attached hydrogens (tertiary/aromatic N) is 3. The van der Waals surface area contributed by atoms with E-state index in [1.165, 1.54) is 34.6 Å². The summed E-state index contributed by atoms with van der Waals surface area (Å²) in [6, 6.07) is 11.0. The highest BCUT2D eigenvalue weighted by atomic mass is 32.2. The smallest absolute Gasteiger partial charge is 0.310 e. The standard InChI is InChI=1S/C26H26N4O6S2/c1-2-7-17(28-24(32)22-14-16-8-3-4-10-21(16)37-22)25(33)29-13-11-19-23(29)20(31)15-30(19)38(35,36)26(34)18-9-5-6-12-27-18/h3-6,8-10,12,14,17,19,23H,2,7,11,13,15H2,1H3,(H,28,32). The number of benzene rings is 1. The Morgan fingerprint density at radius 1 is 1.16 bits per heavy atom. The maximum absolute atomic E-state index is 13.6. The average Bonchev–Trinajstić information content (AvgIpc) is 3.63. The molecule has 0 aliphatic carbocycles. The number of rotatable bonds is 7. The summed E-state index contributed by atoms with van der Waals surface area (Å²) >= 11 is 1.33. The Bertz CT molecular complexity index is 1490. The van der Waals surface area contributed by atoms with Gasteiger partial charge in [0, 0.05) is 17.4 Å². The lowest BCUT2D eigenvalue weighted by molar-refractivity contribution is -0.138. The van der Waals surface area contributed by atoms with E-state index in [0.29, 0.717) is 17.7 Å². The van der Waals surface area contributed by atoms with Crippen LogP contribution in [0.1, 0.15) is 46.3 Å². The Morgan fingerprint density at radius 3 is 2.63 bits per heavy atom. The third kappa shape index (κ3) is 4.63. The van der Waals surface area contributed by atoms with Crippen LogP contribution in [0.4, 0.5) is 0 Å². The molecule has 10 nitrogen and oxygen atoms in total. The molecular weight excluding hydrogens is 528 g/mol. The Labute approximate surface area is 223 Å². The van der Waals surface area contributed by atoms with Gasteiger partial charge in [0.1, 0.15) is 17.8 Å². The lowest BCUT2D eigenvalue weighted by Gasteiger charge is -2.28. The second-order valence-electron chi connectivity index (χ2n) is 9.31. The van der Waals surface area contributed by atoms with E-state index in [-0.39, 0.29) is 24.6 Å². The summed E-state index contributed by atoms with van der Waals surface area (Å²) < 4.78 is 28.1. The van der Waals surface area contributed by atoms with Gasteiger partial charge < -0.3 is 10.2 Å². The number of Topliss-reactive ketones (excluding diaryl/α,β-unsaturated/α-hetero) is 1. The van der Waals surface area contributed by atoms with Gasteiger partial charge >= 0.3 is 5.12 Å². The van der Waals surface area contributed by atoms with Crippen LogP contribution in [0.5, 0.6) is 0 Å². The van der Waals surface area contributed by atoms with E-state index in [0.717, 1.165) is 14.4 Å². The van der Waals surface area contributed by atoms with Crippen molar-refractivity contribution in [2.24, 2.45) is 0 Å². The fraction of sp³-hybridized carbons (Fsp3) is 0.346. The van der Waals surface area contributed by atoms with Crippen LogP contribution in [0.25, 0.3) is 10.1 Å². The van der Waals surface area contributed by atoms with Gasteiger partial charge in [0.2, 0.25) is 5.91 Å². The fourth-order valence-electron chi connectivity index (χ4n) is 5.13. The number of pyridine rings is 1. The minimum atomic E-state index is -4.52. The highest BCUT2D eigenvalue weighted by Gasteiger charge is 2.55. The van der Waals surface area contributed by atoms with Gasteiger partial charge in [0.05, 0.1) is 17.5 Å². The van der Waals surface area contributed by atoms with Gasteiger partial charge in [-0.1, -0.05) is 37.6 Å². The van der Waals surface area contributed by atoms with Crippen molar-refractivity contribution in [2.75, 3.05) is 13.1 Å². The summed E-state index contributed by atoms with van der Waals surface area (Å²) in [7, 11) is -4.52. The molecule has 2 fully saturated rings. The molecule has 0 saturated carbocycles. The predicted molar refractivity (Wildman–Crippen MR) is 141 cm³/mol. The highest BCUT2D eigenvalue weighted by molar-refractivity contribution is 8.04. The second-order valence-corrected chi connectivity index (χ2v) is 12.2. The van der Waals surface area contributed by atoms with Crippen molar-refractivity contribution in [1.82, 2.24) is 19.5 Å². The molecule has 2 aromatic heterocycles. The first-order valence-corrected chi connectivity index (χ1v) is 14.6. The van der Waals surface area contributed by atoms with E-state index in [9.17, 15) is 27.6 Å². The normalized spacial score (nSPS) is 20.4. The number of hydrogen-bond donors (Lipinski definition) is 1. The first-order chi connectivity index (χ1) is 18.2. The summed E-state index contributed by atoms with van der Waals surface area (Å²) in [6.07, 6.45) is 2.49. The molecule has 0 spiro atoms. The molecule has 1 aromatic carbocycles. The summed E-state index contributed by atoms with van der Waals surface area (Å²) in [6.45, 7) is 1.53. The number of ketones is 1. The molecule has 1 N–H and O–H groups in total. The number of sulfonamides is 1. The molecule has 198 valence electrons. The molecule has 3 atom stereocenters. The topological polar surface area (TPSA) is 134 Å². The van der Waals surface area contributed by atoms with Crippen LogP contribution in [0.2, 0.25) is 0 Å². The molecule has 0 bridgehead atoms. The summed E-state index contributed by atoms with van der Waals surface area (Å²) in [5.41, 5.74) is -0.235. The number of fused-ring (bicyclic) bond motifs is 2. The SMILES string of the molecule is CCCC(NC(=O)c1cc2ccccc2s1)C(=O)N1CCC2C1C(=O)CN2S(=O)(=O)C(=O)c1ccccn1. The van der Waals surface area contributed by atoms with Gasteiger partial charge in [0.25, 0.3) is 15.9 Å². The number of likely N-dealkylation sites (tertiary alicyclic amines) is 1. The van der Waals surface area contributed by atoms with E-state index in [4.69, 9.17) is 0 Å². The van der Waals surface area contributed by atoms with Crippen molar-refractivity contribution in [3.8, 4) is 0 Å². The molecule has 0 radical (unpaired) electrons. The minimum Gasteiger partial charge on any atom is -0.340 e. The fourth-order valence-corrected chi connectivity index (χ4v) is 7.57. The summed E-state index contributed by atoms with van der Waals surface area (Å²) in [4.78, 5) is 58.0. The first kappa shape index (κ1) is 26.1. The van der Waals surface area contributed by atoms with Crippen molar-refractivity contribution >= 4 is 54.2 Å². The van der Waals surface area contributed by atoms with Gasteiger partial charge in [-0.05, 0) is 42.5 Å². The van der Waals surface area contributed by atoms with Gasteiger partial charge in [-0.15, -0.1) is 11.3 Å². The summed E-state index contributed by atoms with van der Waals surface area (Å²) in [5.74, 6) is -1.27. The number of carbonyl (C=O) groups excluding carboxylic acids is 4. The number of aromatic nitrogens is 1. The zero-order valence-corrected chi connectivity index (χ0v) is 22.2. The Balaban J connectivity index is 1.34. The number of hydrogen-bond acceptors (Lipinski definition) is 8. The van der Waals surface area contributed by atoms with Crippen molar-refractivity contribution in [1.29, 1.82) is 0 Å². The van der Waals surface area contributed by atoms with Crippen molar-refractivity contribution in [3.05, 3.63) is 65.3 Å². The van der Waals surface area contributed by atoms with Crippen LogP contribution in [0.3, 0.4) is 0 Å². The third-order valence-electron chi connectivity index (χ3n) is 6.91. The lowest BCUT2D eigenvalue weighted by atomic mass is 10.1. The Kier molecular flexibility index (Phi) is 7.12. The van der Waals surface area contributed by atoms with E-state index in [2.05, 4.69) is 10.3 Å². The number of amides is 2. The molecular formula is C26H26N4O6S2. The maximum atomic E-state index is 13.6. The van der Waals surface area contributed by atoms with Gasteiger partial charge in [-0.2, -0.15) is 4.31 Å². The predicted octanol–water partition coefficient (Wildman–Crippen LogP) is 2.22. The molecule has 2 saturated heterocycles. The van der Waals surface area contributed by atoms with Crippen molar-refractivity contribution < 1.29 is 27.6 Å². The molecule has 38 heavy (non-hydrogen) atoms. The van der Waals surface area contributed by atoms with Crippen molar-refractivity contribution in [2.45, 2.75) is 44.3 Å². The molecule has 3 aromatic rings. The van der Waals surface area contributed by atoms with Crippen LogP contribution in [0.15, 0.2) is 54.7 Å². The van der Waals surface area contributed by atoms with E-state index in [1.54, 1.807) is 12.1 Å². The molecule has 2 aliphatic heterocycles.